The quantitative estimate of drug-likeness (QED) is 0.491. The third-order valence-electron chi connectivity index (χ3n) is 3.58. The molecule has 144 valence electrons. The normalized spacial score (nSPS) is 17.9. The van der Waals surface area contributed by atoms with E-state index in [1.165, 1.54) is 18.3 Å². The molecule has 0 bridgehead atoms. The fourth-order valence-electron chi connectivity index (χ4n) is 2.29. The lowest BCUT2D eigenvalue weighted by atomic mass is 10.2. The molecule has 1 aliphatic rings. The zero-order valence-corrected chi connectivity index (χ0v) is 16.6. The number of rotatable bonds is 5. The minimum atomic E-state index is -0.613. The molecule has 1 unspecified atom stereocenters. The highest BCUT2D eigenvalue weighted by Crippen LogP contribution is 2.26. The minimum absolute atomic E-state index is 0.0357. The Kier molecular flexibility index (Phi) is 6.56. The van der Waals surface area contributed by atoms with Crippen molar-refractivity contribution in [3.8, 4) is 5.75 Å². The van der Waals surface area contributed by atoms with Crippen molar-refractivity contribution in [1.82, 2.24) is 5.32 Å². The molecular formula is C18H14Cl2N4O3S. The van der Waals surface area contributed by atoms with E-state index in [9.17, 15) is 14.7 Å². The van der Waals surface area contributed by atoms with Gasteiger partial charge in [-0.15, -0.1) is 5.10 Å². The number of aromatic hydroxyl groups is 1. The van der Waals surface area contributed by atoms with Crippen molar-refractivity contribution in [2.24, 2.45) is 10.2 Å². The first-order chi connectivity index (χ1) is 13.4. The molecule has 3 rings (SSSR count). The Bertz CT molecular complexity index is 981. The fourth-order valence-corrected chi connectivity index (χ4v) is 3.52. The summed E-state index contributed by atoms with van der Waals surface area (Å²) in [7, 11) is 0. The van der Waals surface area contributed by atoms with E-state index < -0.39 is 5.25 Å². The van der Waals surface area contributed by atoms with Crippen molar-refractivity contribution in [2.45, 2.75) is 11.7 Å². The molecule has 1 atom stereocenters. The molecular weight excluding hydrogens is 423 g/mol. The van der Waals surface area contributed by atoms with Crippen molar-refractivity contribution in [1.29, 1.82) is 0 Å². The second-order valence-electron chi connectivity index (χ2n) is 5.72. The number of phenols is 1. The summed E-state index contributed by atoms with van der Waals surface area (Å²) >= 11 is 12.9. The highest BCUT2D eigenvalue weighted by atomic mass is 35.5. The summed E-state index contributed by atoms with van der Waals surface area (Å²) in [4.78, 5) is 24.2. The Balaban J connectivity index is 1.56. The van der Waals surface area contributed by atoms with E-state index in [-0.39, 0.29) is 24.0 Å². The highest BCUT2D eigenvalue weighted by Gasteiger charge is 2.32. The van der Waals surface area contributed by atoms with Crippen LogP contribution in [0.1, 0.15) is 12.0 Å². The van der Waals surface area contributed by atoms with Crippen LogP contribution in [-0.2, 0) is 9.59 Å². The predicted octanol–water partition coefficient (Wildman–Crippen LogP) is 3.65. The number of benzene rings is 2. The van der Waals surface area contributed by atoms with Crippen LogP contribution in [0.2, 0.25) is 10.0 Å². The number of carbonyl (C=O) groups is 2. The summed E-state index contributed by atoms with van der Waals surface area (Å²) in [6.45, 7) is 0. The topological polar surface area (TPSA) is 103 Å². The first-order valence-electron chi connectivity index (χ1n) is 8.03. The van der Waals surface area contributed by atoms with E-state index in [1.807, 2.05) is 0 Å². The molecule has 0 radical (unpaired) electrons. The first-order valence-corrected chi connectivity index (χ1v) is 9.67. The van der Waals surface area contributed by atoms with E-state index in [4.69, 9.17) is 23.2 Å². The molecule has 28 heavy (non-hydrogen) atoms. The van der Waals surface area contributed by atoms with Crippen molar-refractivity contribution in [3.63, 3.8) is 0 Å². The summed E-state index contributed by atoms with van der Waals surface area (Å²) in [6, 6.07) is 11.2. The van der Waals surface area contributed by atoms with Crippen LogP contribution in [0.3, 0.4) is 0 Å². The molecule has 2 aromatic carbocycles. The number of amidine groups is 1. The van der Waals surface area contributed by atoms with E-state index in [0.29, 0.717) is 26.5 Å². The smallest absolute Gasteiger partial charge is 0.240 e. The number of phenolic OH excluding ortho intramolecular Hbond substituents is 1. The molecule has 0 saturated carbocycles. The van der Waals surface area contributed by atoms with Crippen LogP contribution in [0.4, 0.5) is 5.69 Å². The van der Waals surface area contributed by atoms with E-state index in [1.54, 1.807) is 30.3 Å². The monoisotopic (exact) mass is 436 g/mol. The standard InChI is InChI=1S/C18H14Cl2N4O3S/c19-13-5-4-11(7-14(13)20)22-16(26)8-15-17(27)23-18(28-15)24-21-9-10-2-1-3-12(25)6-10/h1-7,9,15,25H,8H2,(H,22,26)(H,23,24,27). The van der Waals surface area contributed by atoms with Gasteiger partial charge in [0.2, 0.25) is 11.8 Å². The number of carbonyl (C=O) groups excluding carboxylic acids is 2. The van der Waals surface area contributed by atoms with Crippen LogP contribution in [0, 0.1) is 0 Å². The Hall–Kier alpha value is -2.55. The largest absolute Gasteiger partial charge is 0.508 e. The van der Waals surface area contributed by atoms with Gasteiger partial charge < -0.3 is 15.7 Å². The molecule has 10 heteroatoms. The molecule has 1 saturated heterocycles. The third kappa shape index (κ3) is 5.48. The fraction of sp³-hybridized carbons (Fsp3) is 0.111. The van der Waals surface area contributed by atoms with Crippen LogP contribution in [0.25, 0.3) is 0 Å². The molecule has 3 N–H and O–H groups in total. The van der Waals surface area contributed by atoms with Gasteiger partial charge in [-0.1, -0.05) is 47.1 Å². The number of thioether (sulfide) groups is 1. The molecule has 1 aliphatic heterocycles. The van der Waals surface area contributed by atoms with Crippen LogP contribution in [-0.4, -0.2) is 33.6 Å². The molecule has 2 amide bonds. The summed E-state index contributed by atoms with van der Waals surface area (Å²) in [5.41, 5.74) is 1.16. The van der Waals surface area contributed by atoms with Gasteiger partial charge in [-0.05, 0) is 35.9 Å². The SMILES string of the molecule is O=C(CC1S/C(=N/N=Cc2cccc(O)c2)NC1=O)Nc1ccc(Cl)c(Cl)c1. The number of nitrogens with zero attached hydrogens (tertiary/aromatic N) is 2. The average Bonchev–Trinajstić information content (AvgIpc) is 2.97. The van der Waals surface area contributed by atoms with Crippen LogP contribution < -0.4 is 10.6 Å². The minimum Gasteiger partial charge on any atom is -0.508 e. The Morgan fingerprint density at radius 1 is 1.25 bits per heavy atom. The van der Waals surface area contributed by atoms with Crippen molar-refractivity contribution >= 4 is 63.8 Å². The van der Waals surface area contributed by atoms with Gasteiger partial charge in [0.25, 0.3) is 0 Å². The lowest BCUT2D eigenvalue weighted by Gasteiger charge is -2.08. The number of amides is 2. The summed E-state index contributed by atoms with van der Waals surface area (Å²) in [5.74, 6) is -0.538. The van der Waals surface area contributed by atoms with Gasteiger partial charge in [0.15, 0.2) is 5.17 Å². The van der Waals surface area contributed by atoms with Gasteiger partial charge >= 0.3 is 0 Å². The van der Waals surface area contributed by atoms with Gasteiger partial charge in [0, 0.05) is 12.1 Å². The lowest BCUT2D eigenvalue weighted by Crippen LogP contribution is -2.28. The summed E-state index contributed by atoms with van der Waals surface area (Å²) in [6.07, 6.45) is 1.41. The second-order valence-corrected chi connectivity index (χ2v) is 7.73. The second kappa shape index (κ2) is 9.09. The maximum absolute atomic E-state index is 12.2. The van der Waals surface area contributed by atoms with Gasteiger partial charge in [-0.2, -0.15) is 5.10 Å². The maximum Gasteiger partial charge on any atom is 0.240 e. The Labute approximate surface area is 174 Å². The zero-order chi connectivity index (χ0) is 20.1. The molecule has 7 nitrogen and oxygen atoms in total. The van der Waals surface area contributed by atoms with Crippen molar-refractivity contribution < 1.29 is 14.7 Å². The number of anilines is 1. The van der Waals surface area contributed by atoms with Crippen molar-refractivity contribution in [2.75, 3.05) is 5.32 Å². The van der Waals surface area contributed by atoms with Crippen molar-refractivity contribution in [3.05, 3.63) is 58.1 Å². The molecule has 2 aromatic rings. The van der Waals surface area contributed by atoms with Gasteiger partial charge in [-0.3, -0.25) is 9.59 Å². The van der Waals surface area contributed by atoms with Crippen LogP contribution in [0.15, 0.2) is 52.7 Å². The van der Waals surface area contributed by atoms with E-state index >= 15 is 0 Å². The summed E-state index contributed by atoms with van der Waals surface area (Å²) < 4.78 is 0. The lowest BCUT2D eigenvalue weighted by molar-refractivity contribution is -0.122. The Morgan fingerprint density at radius 2 is 2.07 bits per heavy atom. The third-order valence-corrected chi connectivity index (χ3v) is 5.39. The van der Waals surface area contributed by atoms with Gasteiger partial charge in [0.05, 0.1) is 16.3 Å². The predicted molar refractivity (Wildman–Crippen MR) is 112 cm³/mol. The summed E-state index contributed by atoms with van der Waals surface area (Å²) in [5, 5.41) is 22.9. The van der Waals surface area contributed by atoms with E-state index in [0.717, 1.165) is 11.8 Å². The van der Waals surface area contributed by atoms with E-state index in [2.05, 4.69) is 20.8 Å². The number of hydrogen-bond donors (Lipinski definition) is 3. The average molecular weight is 437 g/mol. The number of halogens is 2. The molecule has 0 aliphatic carbocycles. The van der Waals surface area contributed by atoms with Crippen LogP contribution in [0.5, 0.6) is 5.75 Å². The molecule has 1 heterocycles. The molecule has 1 fully saturated rings. The van der Waals surface area contributed by atoms with Crippen LogP contribution >= 0.6 is 35.0 Å². The number of hydrogen-bond acceptors (Lipinski definition) is 6. The highest BCUT2D eigenvalue weighted by molar-refractivity contribution is 8.15. The van der Waals surface area contributed by atoms with Gasteiger partial charge in [-0.25, -0.2) is 0 Å². The molecule has 0 aromatic heterocycles. The first kappa shape index (κ1) is 20.2. The number of nitrogens with one attached hydrogen (secondary N) is 2. The Morgan fingerprint density at radius 3 is 2.82 bits per heavy atom. The maximum atomic E-state index is 12.2. The zero-order valence-electron chi connectivity index (χ0n) is 14.2. The van der Waals surface area contributed by atoms with Gasteiger partial charge in [0.1, 0.15) is 11.0 Å². The molecule has 0 spiro atoms.